The molecule has 0 rings (SSSR count). The summed E-state index contributed by atoms with van der Waals surface area (Å²) in [5.74, 6) is 0.300. The van der Waals surface area contributed by atoms with Crippen molar-refractivity contribution in [1.29, 1.82) is 0 Å². The van der Waals surface area contributed by atoms with Crippen LogP contribution < -0.4 is 0 Å². The molecule has 0 saturated heterocycles. The lowest BCUT2D eigenvalue weighted by atomic mass is 9.95. The van der Waals surface area contributed by atoms with Gasteiger partial charge < -0.3 is 18.9 Å². The van der Waals surface area contributed by atoms with Crippen LogP contribution in [0.4, 0.5) is 0 Å². The Morgan fingerprint density at radius 3 is 1.30 bits per heavy atom. The number of ether oxygens (including phenoxy) is 4. The molecule has 0 bridgehead atoms. The Balaban J connectivity index is 5.13. The van der Waals surface area contributed by atoms with E-state index in [0.29, 0.717) is 38.8 Å². The molecule has 0 aromatic carbocycles. The maximum atomic E-state index is 6.32. The highest BCUT2D eigenvalue weighted by Crippen LogP contribution is 2.36. The highest BCUT2D eigenvalue weighted by molar-refractivity contribution is 6.25. The van der Waals surface area contributed by atoms with Crippen LogP contribution in [0.3, 0.4) is 0 Å². The topological polar surface area (TPSA) is 36.9 Å². The molecule has 0 saturated carbocycles. The minimum Gasteiger partial charge on any atom is -0.362 e. The lowest BCUT2D eigenvalue weighted by Crippen LogP contribution is -2.36. The summed E-state index contributed by atoms with van der Waals surface area (Å²) in [6, 6.07) is 0. The minimum atomic E-state index is -0.701. The molecule has 0 spiro atoms. The van der Waals surface area contributed by atoms with Crippen molar-refractivity contribution in [1.82, 2.24) is 0 Å². The summed E-state index contributed by atoms with van der Waals surface area (Å²) in [6.07, 6.45) is 0.366. The number of alkyl halides is 4. The number of hydrogen-bond acceptors (Lipinski definition) is 4. The Morgan fingerprint density at radius 2 is 1.00 bits per heavy atom. The largest absolute Gasteiger partial charge is 0.362 e. The summed E-state index contributed by atoms with van der Waals surface area (Å²) in [5, 5.41) is 0. The molecule has 0 N–H and O–H groups in total. The third-order valence-corrected chi connectivity index (χ3v) is 4.72. The Hall–Kier alpha value is 1.000. The fourth-order valence-electron chi connectivity index (χ4n) is 1.94. The summed E-state index contributed by atoms with van der Waals surface area (Å²) >= 11 is 25.2. The smallest absolute Gasteiger partial charge is 0.141 e. The molecule has 8 heteroatoms. The number of hydrogen-bond donors (Lipinski definition) is 0. The van der Waals surface area contributed by atoms with Crippen LogP contribution in [0.15, 0.2) is 0 Å². The van der Waals surface area contributed by atoms with Gasteiger partial charge in [-0.25, -0.2) is 0 Å². The summed E-state index contributed by atoms with van der Waals surface area (Å²) < 4.78 is 21.8. The SMILES string of the molecule is CCOC(Cl)[C](CC(C(Cl)OCC)C(Cl)OCC)C(Cl)OCC. The van der Waals surface area contributed by atoms with E-state index in [1.165, 1.54) is 0 Å². The summed E-state index contributed by atoms with van der Waals surface area (Å²) in [7, 11) is 0. The molecular formula is C15H27Cl4O4. The predicted molar refractivity (Wildman–Crippen MR) is 96.4 cm³/mol. The Morgan fingerprint density at radius 1 is 0.652 bits per heavy atom. The van der Waals surface area contributed by atoms with Gasteiger partial charge in [-0.05, 0) is 34.1 Å². The van der Waals surface area contributed by atoms with E-state index >= 15 is 0 Å². The van der Waals surface area contributed by atoms with Gasteiger partial charge in [0.25, 0.3) is 0 Å². The second kappa shape index (κ2) is 14.2. The van der Waals surface area contributed by atoms with Crippen LogP contribution in [-0.2, 0) is 18.9 Å². The van der Waals surface area contributed by atoms with Gasteiger partial charge in [-0.3, -0.25) is 0 Å². The number of halogens is 4. The quantitative estimate of drug-likeness (QED) is 0.377. The molecule has 0 aromatic heterocycles. The van der Waals surface area contributed by atoms with Crippen molar-refractivity contribution < 1.29 is 18.9 Å². The van der Waals surface area contributed by atoms with Crippen LogP contribution in [-0.4, -0.2) is 48.7 Å². The van der Waals surface area contributed by atoms with E-state index in [1.807, 2.05) is 27.7 Å². The van der Waals surface area contributed by atoms with Crippen molar-refractivity contribution >= 4 is 46.4 Å². The van der Waals surface area contributed by atoms with Crippen molar-refractivity contribution in [2.75, 3.05) is 26.4 Å². The highest BCUT2D eigenvalue weighted by Gasteiger charge is 2.37. The Labute approximate surface area is 160 Å². The Bertz CT molecular complexity index is 236. The molecule has 0 fully saturated rings. The van der Waals surface area contributed by atoms with Crippen LogP contribution in [0.2, 0.25) is 0 Å². The molecule has 0 aliphatic carbocycles. The van der Waals surface area contributed by atoms with Gasteiger partial charge in [-0.1, -0.05) is 46.4 Å². The van der Waals surface area contributed by atoms with Gasteiger partial charge in [0.15, 0.2) is 0 Å². The van der Waals surface area contributed by atoms with E-state index in [0.717, 1.165) is 0 Å². The molecule has 139 valence electrons. The molecule has 0 amide bonds. The molecule has 0 aliphatic heterocycles. The third kappa shape index (κ3) is 9.31. The zero-order valence-electron chi connectivity index (χ0n) is 14.1. The van der Waals surface area contributed by atoms with Crippen LogP contribution in [0.5, 0.6) is 0 Å². The lowest BCUT2D eigenvalue weighted by Gasteiger charge is -2.32. The summed E-state index contributed by atoms with van der Waals surface area (Å²) in [4.78, 5) is 0. The van der Waals surface area contributed by atoms with Crippen molar-refractivity contribution in [2.24, 2.45) is 5.92 Å². The molecule has 0 aromatic rings. The normalized spacial score (nSPS) is 18.7. The molecule has 4 nitrogen and oxygen atoms in total. The fourth-order valence-corrected chi connectivity index (χ4v) is 3.43. The lowest BCUT2D eigenvalue weighted by molar-refractivity contribution is -0.00428. The van der Waals surface area contributed by atoms with Gasteiger partial charge in [0.05, 0.1) is 5.92 Å². The van der Waals surface area contributed by atoms with E-state index in [4.69, 9.17) is 65.4 Å². The molecule has 0 heterocycles. The molecule has 0 aliphatic rings. The third-order valence-electron chi connectivity index (χ3n) is 3.01. The molecule has 1 radical (unpaired) electrons. The zero-order valence-corrected chi connectivity index (χ0v) is 17.1. The van der Waals surface area contributed by atoms with Crippen molar-refractivity contribution in [3.63, 3.8) is 0 Å². The van der Waals surface area contributed by atoms with E-state index in [2.05, 4.69) is 0 Å². The standard InChI is InChI=1S/C15H27Cl4O4/c1-5-20-12(16)10(13(17)21-6-2)9-11(14(18)22-7-3)15(19)23-8-4/h10,12-15H,5-9H2,1-4H3. The van der Waals surface area contributed by atoms with Gasteiger partial charge in [0, 0.05) is 32.3 Å². The van der Waals surface area contributed by atoms with Gasteiger partial charge in [0.1, 0.15) is 22.3 Å². The van der Waals surface area contributed by atoms with Crippen LogP contribution >= 0.6 is 46.4 Å². The van der Waals surface area contributed by atoms with Crippen molar-refractivity contribution in [3.05, 3.63) is 5.92 Å². The summed E-state index contributed by atoms with van der Waals surface area (Å²) in [6.45, 7) is 9.23. The van der Waals surface area contributed by atoms with Crippen molar-refractivity contribution in [2.45, 2.75) is 56.4 Å². The summed E-state index contributed by atoms with van der Waals surface area (Å²) in [5.41, 5.74) is -2.68. The van der Waals surface area contributed by atoms with Gasteiger partial charge in [-0.15, -0.1) is 0 Å². The molecular weight excluding hydrogens is 386 g/mol. The first-order valence-corrected chi connectivity index (χ1v) is 9.55. The second-order valence-corrected chi connectivity index (χ2v) is 6.25. The van der Waals surface area contributed by atoms with E-state index in [9.17, 15) is 0 Å². The molecule has 4 atom stereocenters. The van der Waals surface area contributed by atoms with Crippen LogP contribution in [0.1, 0.15) is 34.1 Å². The highest BCUT2D eigenvalue weighted by atomic mass is 35.5. The second-order valence-electron chi connectivity index (χ2n) is 4.60. The first-order chi connectivity index (χ1) is 10.9. The maximum absolute atomic E-state index is 6.32. The minimum absolute atomic E-state index is 0.350. The molecule has 4 unspecified atom stereocenters. The fraction of sp³-hybridized carbons (Fsp3) is 0.933. The van der Waals surface area contributed by atoms with Crippen LogP contribution in [0, 0.1) is 11.8 Å². The van der Waals surface area contributed by atoms with Gasteiger partial charge in [0.2, 0.25) is 0 Å². The molecule has 23 heavy (non-hydrogen) atoms. The first-order valence-electron chi connectivity index (χ1n) is 7.80. The monoisotopic (exact) mass is 411 g/mol. The average Bonchev–Trinajstić information content (AvgIpc) is 2.48. The van der Waals surface area contributed by atoms with Gasteiger partial charge in [-0.2, -0.15) is 0 Å². The number of rotatable bonds is 14. The Kier molecular flexibility index (Phi) is 14.8. The zero-order chi connectivity index (χ0) is 17.8. The average molecular weight is 413 g/mol. The van der Waals surface area contributed by atoms with E-state index in [1.54, 1.807) is 0 Å². The van der Waals surface area contributed by atoms with Gasteiger partial charge >= 0.3 is 0 Å². The van der Waals surface area contributed by atoms with E-state index in [-0.39, 0.29) is 5.92 Å². The van der Waals surface area contributed by atoms with Crippen molar-refractivity contribution in [3.8, 4) is 0 Å². The first kappa shape index (κ1) is 24.0. The predicted octanol–water partition coefficient (Wildman–Crippen LogP) is 4.97. The van der Waals surface area contributed by atoms with Crippen LogP contribution in [0.25, 0.3) is 0 Å². The maximum Gasteiger partial charge on any atom is 0.141 e. The van der Waals surface area contributed by atoms with E-state index < -0.39 is 22.3 Å².